The van der Waals surface area contributed by atoms with Gasteiger partial charge >= 0.3 is 5.97 Å². The van der Waals surface area contributed by atoms with Gasteiger partial charge in [0.05, 0.1) is 33.7 Å². The molecule has 0 aliphatic carbocycles. The van der Waals surface area contributed by atoms with Crippen LogP contribution in [0.1, 0.15) is 41.3 Å². The number of aromatic nitrogens is 4. The van der Waals surface area contributed by atoms with Crippen LogP contribution in [0, 0.1) is 20.8 Å². The molecule has 0 fully saturated rings. The summed E-state index contributed by atoms with van der Waals surface area (Å²) in [5.41, 5.74) is 3.69. The Kier molecular flexibility index (Phi) is 5.73. The van der Waals surface area contributed by atoms with Crippen molar-refractivity contribution in [3.8, 4) is 0 Å². The number of anilines is 1. The van der Waals surface area contributed by atoms with Gasteiger partial charge < -0.3 is 14.6 Å². The number of benzene rings is 1. The van der Waals surface area contributed by atoms with Gasteiger partial charge in [0.15, 0.2) is 6.10 Å². The molecule has 0 saturated heterocycles. The van der Waals surface area contributed by atoms with E-state index in [4.69, 9.17) is 4.74 Å². The molecule has 2 heterocycles. The number of carbonyl (C=O) groups is 2. The van der Waals surface area contributed by atoms with Gasteiger partial charge in [-0.15, -0.1) is 0 Å². The van der Waals surface area contributed by atoms with Gasteiger partial charge in [0.1, 0.15) is 5.69 Å². The predicted octanol–water partition coefficient (Wildman–Crippen LogP) is 2.26. The van der Waals surface area contributed by atoms with Crippen LogP contribution in [0.5, 0.6) is 0 Å². The number of rotatable bonds is 5. The smallest absolute Gasteiger partial charge is 0.338 e. The van der Waals surface area contributed by atoms with E-state index < -0.39 is 18.0 Å². The lowest BCUT2D eigenvalue weighted by Gasteiger charge is -2.14. The van der Waals surface area contributed by atoms with Crippen LogP contribution in [-0.2, 0) is 23.1 Å². The summed E-state index contributed by atoms with van der Waals surface area (Å²) in [6.07, 6.45) is -1.01. The molecule has 9 heteroatoms. The van der Waals surface area contributed by atoms with E-state index >= 15 is 0 Å². The Morgan fingerprint density at radius 3 is 2.50 bits per heavy atom. The minimum absolute atomic E-state index is 0.161. The number of hydrogen-bond acceptors (Lipinski definition) is 6. The van der Waals surface area contributed by atoms with Crippen LogP contribution < -0.4 is 10.9 Å². The molecule has 3 aromatic rings. The van der Waals surface area contributed by atoms with E-state index in [1.807, 2.05) is 13.8 Å². The molecule has 2 aromatic heterocycles. The number of nitrogens with one attached hydrogen (secondary N) is 1. The summed E-state index contributed by atoms with van der Waals surface area (Å²) in [7, 11) is 1.79. The number of nitrogens with zero attached hydrogens (tertiary/aromatic N) is 4. The molecule has 1 atom stereocenters. The lowest BCUT2D eigenvalue weighted by molar-refractivity contribution is -0.123. The standard InChI is InChI=1S/C21H25N5O4/c1-7-26-17-9-8-15(10-16(17)22-12(3)20(26)28)21(29)30-14(5)19(27)23-18-11(2)24-25(6)13(18)4/h8-10,14H,7H2,1-6H3,(H,23,27)/t14-/m1/s1. The highest BCUT2D eigenvalue weighted by molar-refractivity contribution is 5.99. The summed E-state index contributed by atoms with van der Waals surface area (Å²) >= 11 is 0. The summed E-state index contributed by atoms with van der Waals surface area (Å²) in [6.45, 7) is 9.13. The van der Waals surface area contributed by atoms with Gasteiger partial charge in [-0.3, -0.25) is 14.3 Å². The topological polar surface area (TPSA) is 108 Å². The van der Waals surface area contributed by atoms with Gasteiger partial charge in [-0.1, -0.05) is 0 Å². The summed E-state index contributed by atoms with van der Waals surface area (Å²) in [6, 6.07) is 4.79. The molecule has 0 unspecified atom stereocenters. The zero-order chi connectivity index (χ0) is 22.2. The van der Waals surface area contributed by atoms with Gasteiger partial charge in [0, 0.05) is 13.6 Å². The molecule has 3 rings (SSSR count). The molecule has 0 spiro atoms. The molecule has 1 aromatic carbocycles. The molecule has 1 amide bonds. The van der Waals surface area contributed by atoms with Crippen LogP contribution in [0.15, 0.2) is 23.0 Å². The van der Waals surface area contributed by atoms with Crippen LogP contribution >= 0.6 is 0 Å². The molecule has 0 bridgehead atoms. The van der Waals surface area contributed by atoms with E-state index in [0.29, 0.717) is 34.7 Å². The fourth-order valence-electron chi connectivity index (χ4n) is 3.28. The largest absolute Gasteiger partial charge is 0.449 e. The Hall–Kier alpha value is -3.49. The summed E-state index contributed by atoms with van der Waals surface area (Å²) in [5, 5.41) is 7.02. The zero-order valence-corrected chi connectivity index (χ0v) is 17.9. The third-order valence-electron chi connectivity index (χ3n) is 5.07. The maximum atomic E-state index is 12.6. The van der Waals surface area contributed by atoms with E-state index in [1.165, 1.54) is 6.92 Å². The van der Waals surface area contributed by atoms with Crippen LogP contribution in [0.3, 0.4) is 0 Å². The molecule has 0 aliphatic heterocycles. The van der Waals surface area contributed by atoms with Crippen LogP contribution in [-0.4, -0.2) is 37.3 Å². The van der Waals surface area contributed by atoms with Crippen LogP contribution in [0.25, 0.3) is 11.0 Å². The molecule has 1 N–H and O–H groups in total. The van der Waals surface area contributed by atoms with Crippen LogP contribution in [0.4, 0.5) is 5.69 Å². The molecule has 0 aliphatic rings. The van der Waals surface area contributed by atoms with E-state index in [1.54, 1.807) is 48.3 Å². The second-order valence-corrected chi connectivity index (χ2v) is 7.16. The number of ether oxygens (including phenoxy) is 1. The first kappa shape index (κ1) is 21.2. The molecule has 9 nitrogen and oxygen atoms in total. The van der Waals surface area contributed by atoms with Crippen molar-refractivity contribution >= 4 is 28.6 Å². The van der Waals surface area contributed by atoms with Crippen molar-refractivity contribution in [3.05, 3.63) is 51.2 Å². The summed E-state index contributed by atoms with van der Waals surface area (Å²) < 4.78 is 8.61. The summed E-state index contributed by atoms with van der Waals surface area (Å²) in [4.78, 5) is 41.6. The maximum Gasteiger partial charge on any atom is 0.338 e. The highest BCUT2D eigenvalue weighted by Crippen LogP contribution is 2.19. The number of aryl methyl sites for hydroxylation is 4. The SMILES string of the molecule is CCn1c(=O)c(C)nc2cc(C(=O)O[C@H](C)C(=O)Nc3c(C)nn(C)c3C)ccc21. The highest BCUT2D eigenvalue weighted by atomic mass is 16.5. The summed E-state index contributed by atoms with van der Waals surface area (Å²) in [5.74, 6) is -1.09. The lowest BCUT2D eigenvalue weighted by Crippen LogP contribution is -2.30. The number of hydrogen-bond donors (Lipinski definition) is 1. The van der Waals surface area contributed by atoms with Crippen molar-refractivity contribution in [2.45, 2.75) is 47.3 Å². The number of esters is 1. The number of amides is 1. The average molecular weight is 411 g/mol. The van der Waals surface area contributed by atoms with Crippen molar-refractivity contribution in [1.29, 1.82) is 0 Å². The quantitative estimate of drug-likeness (QED) is 0.645. The predicted molar refractivity (Wildman–Crippen MR) is 113 cm³/mol. The van der Waals surface area contributed by atoms with Gasteiger partial charge in [-0.05, 0) is 52.8 Å². The lowest BCUT2D eigenvalue weighted by atomic mass is 10.2. The Balaban J connectivity index is 1.79. The monoisotopic (exact) mass is 411 g/mol. The van der Waals surface area contributed by atoms with Crippen molar-refractivity contribution in [1.82, 2.24) is 19.3 Å². The third-order valence-corrected chi connectivity index (χ3v) is 5.07. The average Bonchev–Trinajstić information content (AvgIpc) is 2.94. The first-order chi connectivity index (χ1) is 14.1. The zero-order valence-electron chi connectivity index (χ0n) is 17.9. The minimum Gasteiger partial charge on any atom is -0.449 e. The molecular formula is C21H25N5O4. The van der Waals surface area contributed by atoms with E-state index in [2.05, 4.69) is 15.4 Å². The van der Waals surface area contributed by atoms with Crippen molar-refractivity contribution in [2.24, 2.45) is 7.05 Å². The number of fused-ring (bicyclic) bond motifs is 1. The highest BCUT2D eigenvalue weighted by Gasteiger charge is 2.22. The second kappa shape index (κ2) is 8.10. The van der Waals surface area contributed by atoms with Crippen LogP contribution in [0.2, 0.25) is 0 Å². The van der Waals surface area contributed by atoms with Crippen molar-refractivity contribution in [3.63, 3.8) is 0 Å². The van der Waals surface area contributed by atoms with E-state index in [-0.39, 0.29) is 11.1 Å². The van der Waals surface area contributed by atoms with Gasteiger partial charge in [0.25, 0.3) is 11.5 Å². The van der Waals surface area contributed by atoms with Crippen molar-refractivity contribution < 1.29 is 14.3 Å². The number of carbonyl (C=O) groups excluding carboxylic acids is 2. The van der Waals surface area contributed by atoms with Crippen molar-refractivity contribution in [2.75, 3.05) is 5.32 Å². The Labute approximate surface area is 173 Å². The molecule has 0 radical (unpaired) electrons. The maximum absolute atomic E-state index is 12.6. The Morgan fingerprint density at radius 2 is 1.90 bits per heavy atom. The third kappa shape index (κ3) is 3.83. The van der Waals surface area contributed by atoms with Gasteiger partial charge in [-0.25, -0.2) is 9.78 Å². The fraction of sp³-hybridized carbons (Fsp3) is 0.381. The Morgan fingerprint density at radius 1 is 1.20 bits per heavy atom. The first-order valence-corrected chi connectivity index (χ1v) is 9.67. The second-order valence-electron chi connectivity index (χ2n) is 7.16. The molecule has 0 saturated carbocycles. The van der Waals surface area contributed by atoms with E-state index in [9.17, 15) is 14.4 Å². The minimum atomic E-state index is -1.01. The molecular weight excluding hydrogens is 386 g/mol. The van der Waals surface area contributed by atoms with Gasteiger partial charge in [0.2, 0.25) is 0 Å². The molecule has 158 valence electrons. The Bertz CT molecular complexity index is 1210. The normalized spacial score (nSPS) is 12.1. The molecule has 30 heavy (non-hydrogen) atoms. The van der Waals surface area contributed by atoms with E-state index in [0.717, 1.165) is 5.69 Å². The first-order valence-electron chi connectivity index (χ1n) is 9.67. The fourth-order valence-corrected chi connectivity index (χ4v) is 3.28. The van der Waals surface area contributed by atoms with Gasteiger partial charge in [-0.2, -0.15) is 5.10 Å².